The van der Waals surface area contributed by atoms with Crippen molar-refractivity contribution in [3.63, 3.8) is 0 Å². The molecule has 39 heavy (non-hydrogen) atoms. The second-order valence-corrected chi connectivity index (χ2v) is 8.79. The lowest BCUT2D eigenvalue weighted by Crippen LogP contribution is -2.24. The Bertz CT molecular complexity index is 1570. The van der Waals surface area contributed by atoms with Crippen LogP contribution in [0.4, 0.5) is 21.5 Å². The van der Waals surface area contributed by atoms with Gasteiger partial charge in [0, 0.05) is 29.8 Å². The van der Waals surface area contributed by atoms with Crippen LogP contribution in [0.5, 0.6) is 0 Å². The summed E-state index contributed by atoms with van der Waals surface area (Å²) in [4.78, 5) is 36.3. The van der Waals surface area contributed by atoms with E-state index in [-0.39, 0.29) is 29.5 Å². The number of rotatable bonds is 8. The van der Waals surface area contributed by atoms with Gasteiger partial charge in [-0.25, -0.2) is 4.39 Å². The minimum atomic E-state index is -0.519. The molecule has 0 saturated carbocycles. The number of carbonyl (C=O) groups is 2. The molecule has 0 aliphatic heterocycles. The number of aryl methyl sites for hydroxylation is 1. The number of carbonyl (C=O) groups excluding carboxylic acids is 2. The van der Waals surface area contributed by atoms with Crippen LogP contribution in [-0.2, 0) is 11.3 Å². The molecule has 0 aliphatic rings. The Morgan fingerprint density at radius 3 is 2.26 bits per heavy atom. The van der Waals surface area contributed by atoms with Crippen molar-refractivity contribution < 1.29 is 18.9 Å². The Kier molecular flexibility index (Phi) is 8.11. The summed E-state index contributed by atoms with van der Waals surface area (Å²) < 4.78 is 13.8. The zero-order valence-electron chi connectivity index (χ0n) is 21.0. The van der Waals surface area contributed by atoms with E-state index in [0.717, 1.165) is 5.56 Å². The first-order valence-corrected chi connectivity index (χ1v) is 12.0. The fraction of sp³-hybridized carbons (Fsp3) is 0.0667. The first-order chi connectivity index (χ1) is 18.7. The highest BCUT2D eigenvalue weighted by Gasteiger charge is 2.15. The number of halogens is 1. The fourth-order valence-electron chi connectivity index (χ4n) is 3.82. The maximum atomic E-state index is 13.8. The van der Waals surface area contributed by atoms with Gasteiger partial charge in [0.05, 0.1) is 16.3 Å². The predicted molar refractivity (Wildman–Crippen MR) is 149 cm³/mol. The summed E-state index contributed by atoms with van der Waals surface area (Å²) >= 11 is 0. The number of hydrogen-bond acceptors (Lipinski definition) is 5. The van der Waals surface area contributed by atoms with Crippen LogP contribution in [-0.4, -0.2) is 16.7 Å². The van der Waals surface area contributed by atoms with Crippen LogP contribution in [0.2, 0.25) is 0 Å². The van der Waals surface area contributed by atoms with Crippen molar-refractivity contribution in [1.82, 2.24) is 5.32 Å². The van der Waals surface area contributed by atoms with Crippen LogP contribution < -0.4 is 16.4 Å². The normalized spacial score (nSPS) is 11.1. The second kappa shape index (κ2) is 11.8. The third-order valence-corrected chi connectivity index (χ3v) is 6.00. The Morgan fingerprint density at radius 2 is 1.62 bits per heavy atom. The predicted octanol–water partition coefficient (Wildman–Crippen LogP) is 5.73. The van der Waals surface area contributed by atoms with E-state index in [4.69, 9.17) is 5.73 Å². The summed E-state index contributed by atoms with van der Waals surface area (Å²) in [5, 5.41) is 16.7. The molecule has 0 saturated heterocycles. The average Bonchev–Trinajstić information content (AvgIpc) is 2.94. The zero-order chi connectivity index (χ0) is 27.9. The van der Waals surface area contributed by atoms with E-state index in [9.17, 15) is 24.1 Å². The number of amides is 2. The Morgan fingerprint density at radius 1 is 0.949 bits per heavy atom. The number of nitro benzene ring substituents is 1. The molecule has 4 N–H and O–H groups in total. The van der Waals surface area contributed by atoms with E-state index in [1.54, 1.807) is 73.7 Å². The van der Waals surface area contributed by atoms with Gasteiger partial charge < -0.3 is 16.4 Å². The SMILES string of the molecule is Cc1cc(/C=C(/C(=O)NCc2ccc(C(=O)Nc3ccccc3N)cc2)c2ccc([N+](=O)[O-])cc2)ccc1F. The van der Waals surface area contributed by atoms with Gasteiger partial charge >= 0.3 is 0 Å². The lowest BCUT2D eigenvalue weighted by molar-refractivity contribution is -0.384. The number of nitrogens with two attached hydrogens (primary N) is 1. The maximum Gasteiger partial charge on any atom is 0.269 e. The van der Waals surface area contributed by atoms with Crippen LogP contribution >= 0.6 is 0 Å². The van der Waals surface area contributed by atoms with Gasteiger partial charge in [0.2, 0.25) is 0 Å². The monoisotopic (exact) mass is 524 g/mol. The standard InChI is InChI=1S/C30H25FN4O4/c1-19-16-21(8-15-26(19)31)17-25(22-11-13-24(14-12-22)35(38)39)30(37)33-18-20-6-9-23(10-7-20)29(36)34-28-5-3-2-4-27(28)32/h2-17H,18,32H2,1H3,(H,33,37)(H,34,36)/b25-17+. The molecule has 0 atom stereocenters. The number of hydrogen-bond donors (Lipinski definition) is 3. The molecule has 9 heteroatoms. The molecule has 196 valence electrons. The number of nitrogen functional groups attached to an aromatic ring is 1. The molecule has 0 heterocycles. The molecule has 0 unspecified atom stereocenters. The molecule has 2 amide bonds. The molecular weight excluding hydrogens is 499 g/mol. The topological polar surface area (TPSA) is 127 Å². The summed E-state index contributed by atoms with van der Waals surface area (Å²) in [7, 11) is 0. The lowest BCUT2D eigenvalue weighted by Gasteiger charge is -2.11. The number of anilines is 2. The highest BCUT2D eigenvalue weighted by molar-refractivity contribution is 6.24. The molecule has 0 fully saturated rings. The Hall–Kier alpha value is -5.31. The summed E-state index contributed by atoms with van der Waals surface area (Å²) in [6, 6.07) is 23.8. The van der Waals surface area contributed by atoms with Crippen molar-refractivity contribution in [3.8, 4) is 0 Å². The van der Waals surface area contributed by atoms with Gasteiger partial charge in [-0.2, -0.15) is 0 Å². The summed E-state index contributed by atoms with van der Waals surface area (Å²) in [6.45, 7) is 1.79. The number of nitro groups is 1. The van der Waals surface area contributed by atoms with E-state index < -0.39 is 10.8 Å². The molecule has 0 radical (unpaired) electrons. The van der Waals surface area contributed by atoms with Gasteiger partial charge in [-0.05, 0) is 83.8 Å². The van der Waals surface area contributed by atoms with Crippen molar-refractivity contribution in [2.45, 2.75) is 13.5 Å². The molecule has 4 aromatic carbocycles. The molecular formula is C30H25FN4O4. The summed E-state index contributed by atoms with van der Waals surface area (Å²) in [5.41, 5.74) is 9.67. The van der Waals surface area contributed by atoms with Crippen LogP contribution in [0.15, 0.2) is 91.0 Å². The molecule has 0 bridgehead atoms. The molecule has 4 aromatic rings. The van der Waals surface area contributed by atoms with Crippen molar-refractivity contribution in [1.29, 1.82) is 0 Å². The van der Waals surface area contributed by atoms with Gasteiger partial charge in [0.25, 0.3) is 17.5 Å². The molecule has 0 aromatic heterocycles. The number of para-hydroxylation sites is 2. The van der Waals surface area contributed by atoms with Gasteiger partial charge in [-0.3, -0.25) is 19.7 Å². The highest BCUT2D eigenvalue weighted by atomic mass is 19.1. The lowest BCUT2D eigenvalue weighted by atomic mass is 10.0. The van der Waals surface area contributed by atoms with Crippen LogP contribution in [0.25, 0.3) is 11.6 Å². The first-order valence-electron chi connectivity index (χ1n) is 12.0. The number of non-ortho nitro benzene ring substituents is 1. The van der Waals surface area contributed by atoms with Crippen molar-refractivity contribution in [3.05, 3.63) is 135 Å². The van der Waals surface area contributed by atoms with E-state index in [1.165, 1.54) is 30.3 Å². The molecule has 4 rings (SSSR count). The average molecular weight is 525 g/mol. The quantitative estimate of drug-likeness (QED) is 0.0891. The Balaban J connectivity index is 1.50. The van der Waals surface area contributed by atoms with Gasteiger partial charge in [0.1, 0.15) is 5.82 Å². The van der Waals surface area contributed by atoms with Crippen LogP contribution in [0, 0.1) is 22.9 Å². The van der Waals surface area contributed by atoms with Gasteiger partial charge in [-0.1, -0.05) is 30.3 Å². The largest absolute Gasteiger partial charge is 0.397 e. The first kappa shape index (κ1) is 26.7. The Labute approximate surface area is 224 Å². The van der Waals surface area contributed by atoms with Crippen molar-refractivity contribution in [2.75, 3.05) is 11.1 Å². The van der Waals surface area contributed by atoms with E-state index in [0.29, 0.717) is 33.6 Å². The summed E-state index contributed by atoms with van der Waals surface area (Å²) in [6.07, 6.45) is 1.60. The van der Waals surface area contributed by atoms with Crippen LogP contribution in [0.1, 0.15) is 32.6 Å². The highest BCUT2D eigenvalue weighted by Crippen LogP contribution is 2.23. The van der Waals surface area contributed by atoms with Crippen LogP contribution in [0.3, 0.4) is 0 Å². The number of benzene rings is 4. The zero-order valence-corrected chi connectivity index (χ0v) is 21.0. The maximum absolute atomic E-state index is 13.8. The molecule has 0 spiro atoms. The van der Waals surface area contributed by atoms with E-state index in [1.807, 2.05) is 0 Å². The van der Waals surface area contributed by atoms with E-state index >= 15 is 0 Å². The smallest absolute Gasteiger partial charge is 0.269 e. The molecule has 0 aliphatic carbocycles. The molecule has 8 nitrogen and oxygen atoms in total. The van der Waals surface area contributed by atoms with Crippen molar-refractivity contribution in [2.24, 2.45) is 0 Å². The number of nitrogens with zero attached hydrogens (tertiary/aromatic N) is 1. The third kappa shape index (κ3) is 6.72. The summed E-state index contributed by atoms with van der Waals surface area (Å²) in [5.74, 6) is -1.11. The second-order valence-electron chi connectivity index (χ2n) is 8.79. The third-order valence-electron chi connectivity index (χ3n) is 6.00. The minimum absolute atomic E-state index is 0.102. The van der Waals surface area contributed by atoms with Crippen molar-refractivity contribution >= 4 is 40.5 Å². The van der Waals surface area contributed by atoms with Gasteiger partial charge in [-0.15, -0.1) is 0 Å². The van der Waals surface area contributed by atoms with E-state index in [2.05, 4.69) is 10.6 Å². The van der Waals surface area contributed by atoms with Gasteiger partial charge in [0.15, 0.2) is 0 Å². The number of nitrogens with one attached hydrogen (secondary N) is 2. The minimum Gasteiger partial charge on any atom is -0.397 e. The fourth-order valence-corrected chi connectivity index (χ4v) is 3.82.